The highest BCUT2D eigenvalue weighted by Gasteiger charge is 2.16. The first-order valence-corrected chi connectivity index (χ1v) is 9.12. The third kappa shape index (κ3) is 4.21. The smallest absolute Gasteiger partial charge is 0.0746 e. The van der Waals surface area contributed by atoms with Crippen molar-refractivity contribution in [2.45, 2.75) is 27.3 Å². The van der Waals surface area contributed by atoms with Crippen LogP contribution in [0.5, 0.6) is 0 Å². The minimum Gasteiger partial charge on any atom is -0.295 e. The van der Waals surface area contributed by atoms with Crippen LogP contribution in [0.2, 0.25) is 0 Å². The van der Waals surface area contributed by atoms with Crippen LogP contribution in [-0.4, -0.2) is 41.8 Å². The van der Waals surface area contributed by atoms with E-state index < -0.39 is 0 Å². The van der Waals surface area contributed by atoms with E-state index >= 15 is 0 Å². The summed E-state index contributed by atoms with van der Waals surface area (Å²) >= 11 is 1.76. The van der Waals surface area contributed by atoms with E-state index in [1.165, 1.54) is 21.6 Å². The van der Waals surface area contributed by atoms with Gasteiger partial charge in [0.2, 0.25) is 0 Å². The number of piperazine rings is 1. The SMILES string of the molecule is CC(=NN1CCN(Cc2ccc(C)cc2C)CC1)c1cccs1. The zero-order chi connectivity index (χ0) is 16.2. The summed E-state index contributed by atoms with van der Waals surface area (Å²) in [5, 5.41) is 9.11. The Hall–Kier alpha value is -1.65. The first kappa shape index (κ1) is 16.2. The zero-order valence-corrected chi connectivity index (χ0v) is 15.1. The van der Waals surface area contributed by atoms with E-state index in [-0.39, 0.29) is 0 Å². The maximum Gasteiger partial charge on any atom is 0.0746 e. The molecule has 0 aliphatic carbocycles. The molecule has 0 saturated carbocycles. The molecule has 122 valence electrons. The van der Waals surface area contributed by atoms with Gasteiger partial charge < -0.3 is 0 Å². The molecule has 3 nitrogen and oxygen atoms in total. The van der Waals surface area contributed by atoms with Crippen LogP contribution in [-0.2, 0) is 6.54 Å². The molecule has 0 amide bonds. The van der Waals surface area contributed by atoms with Gasteiger partial charge in [0.1, 0.15) is 0 Å². The standard InChI is InChI=1S/C19H25N3S/c1-15-6-7-18(16(2)13-15)14-21-8-10-22(11-9-21)20-17(3)19-5-4-12-23-19/h4-7,12-13H,8-11,14H2,1-3H3. The minimum atomic E-state index is 1.01. The van der Waals surface area contributed by atoms with E-state index in [4.69, 9.17) is 5.10 Å². The quantitative estimate of drug-likeness (QED) is 0.793. The number of thiophene rings is 1. The number of rotatable bonds is 4. The van der Waals surface area contributed by atoms with Crippen LogP contribution in [0.3, 0.4) is 0 Å². The molecule has 0 radical (unpaired) electrons. The van der Waals surface area contributed by atoms with Crippen molar-refractivity contribution in [1.82, 2.24) is 9.91 Å². The van der Waals surface area contributed by atoms with Gasteiger partial charge in [-0.25, -0.2) is 0 Å². The van der Waals surface area contributed by atoms with Crippen LogP contribution in [0.1, 0.15) is 28.5 Å². The van der Waals surface area contributed by atoms with Crippen molar-refractivity contribution >= 4 is 17.0 Å². The summed E-state index contributed by atoms with van der Waals surface area (Å²) in [7, 11) is 0. The molecule has 0 spiro atoms. The molecule has 0 unspecified atom stereocenters. The monoisotopic (exact) mass is 327 g/mol. The zero-order valence-electron chi connectivity index (χ0n) is 14.2. The predicted octanol–water partition coefficient (Wildman–Crippen LogP) is 3.91. The minimum absolute atomic E-state index is 1.01. The van der Waals surface area contributed by atoms with E-state index in [0.717, 1.165) is 38.4 Å². The van der Waals surface area contributed by atoms with Gasteiger partial charge >= 0.3 is 0 Å². The molecule has 0 atom stereocenters. The van der Waals surface area contributed by atoms with Gasteiger partial charge in [0.25, 0.3) is 0 Å². The summed E-state index contributed by atoms with van der Waals surface area (Å²) in [6, 6.07) is 11.0. The fraction of sp³-hybridized carbons (Fsp3) is 0.421. The van der Waals surface area contributed by atoms with Gasteiger partial charge in [-0.05, 0) is 43.3 Å². The van der Waals surface area contributed by atoms with Gasteiger partial charge in [-0.2, -0.15) is 5.10 Å². The third-order valence-electron chi connectivity index (χ3n) is 4.41. The summed E-state index contributed by atoms with van der Waals surface area (Å²) in [5.74, 6) is 0. The normalized spacial score (nSPS) is 16.8. The van der Waals surface area contributed by atoms with Crippen molar-refractivity contribution in [3.05, 3.63) is 57.3 Å². The van der Waals surface area contributed by atoms with Crippen molar-refractivity contribution in [2.24, 2.45) is 5.10 Å². The molecule has 1 aromatic heterocycles. The van der Waals surface area contributed by atoms with E-state index in [1.54, 1.807) is 11.3 Å². The van der Waals surface area contributed by atoms with Crippen LogP contribution in [0.15, 0.2) is 40.8 Å². The molecule has 0 bridgehead atoms. The predicted molar refractivity (Wildman–Crippen MR) is 99.3 cm³/mol. The molecule has 1 saturated heterocycles. The van der Waals surface area contributed by atoms with Crippen LogP contribution in [0.25, 0.3) is 0 Å². The Bertz CT molecular complexity index is 668. The largest absolute Gasteiger partial charge is 0.295 e. The molecular formula is C19H25N3S. The average molecular weight is 327 g/mol. The highest BCUT2D eigenvalue weighted by Crippen LogP contribution is 2.15. The Morgan fingerprint density at radius 2 is 1.91 bits per heavy atom. The number of aryl methyl sites for hydroxylation is 2. The van der Waals surface area contributed by atoms with Gasteiger partial charge in [-0.15, -0.1) is 11.3 Å². The third-order valence-corrected chi connectivity index (χ3v) is 5.39. The summed E-state index contributed by atoms with van der Waals surface area (Å²) in [6.45, 7) is 11.7. The second-order valence-corrected chi connectivity index (χ2v) is 7.27. The number of hydrazone groups is 1. The molecule has 0 N–H and O–H groups in total. The van der Waals surface area contributed by atoms with Crippen LogP contribution in [0, 0.1) is 13.8 Å². The van der Waals surface area contributed by atoms with E-state index in [0.29, 0.717) is 0 Å². The fourth-order valence-corrected chi connectivity index (χ4v) is 3.68. The second-order valence-electron chi connectivity index (χ2n) is 6.32. The number of benzene rings is 1. The molecular weight excluding hydrogens is 302 g/mol. The lowest BCUT2D eigenvalue weighted by atomic mass is 10.1. The highest BCUT2D eigenvalue weighted by atomic mass is 32.1. The molecule has 23 heavy (non-hydrogen) atoms. The molecule has 3 rings (SSSR count). The van der Waals surface area contributed by atoms with Crippen molar-refractivity contribution in [3.8, 4) is 0 Å². The van der Waals surface area contributed by atoms with E-state index in [9.17, 15) is 0 Å². The topological polar surface area (TPSA) is 18.8 Å². The number of hydrogen-bond donors (Lipinski definition) is 0. The molecule has 1 aliphatic heterocycles. The van der Waals surface area contributed by atoms with Gasteiger partial charge in [0.05, 0.1) is 5.71 Å². The van der Waals surface area contributed by atoms with Gasteiger partial charge in [-0.1, -0.05) is 29.8 Å². The highest BCUT2D eigenvalue weighted by molar-refractivity contribution is 7.12. The van der Waals surface area contributed by atoms with E-state index in [1.807, 2.05) is 0 Å². The average Bonchev–Trinajstić information content (AvgIpc) is 3.06. The summed E-state index contributed by atoms with van der Waals surface area (Å²) < 4.78 is 0. The lowest BCUT2D eigenvalue weighted by Crippen LogP contribution is -2.43. The van der Waals surface area contributed by atoms with Crippen LogP contribution >= 0.6 is 11.3 Å². The molecule has 2 aromatic rings. The van der Waals surface area contributed by atoms with E-state index in [2.05, 4.69) is 66.4 Å². The first-order chi connectivity index (χ1) is 11.1. The maximum absolute atomic E-state index is 4.78. The van der Waals surface area contributed by atoms with Crippen molar-refractivity contribution in [3.63, 3.8) is 0 Å². The Balaban J connectivity index is 1.55. The van der Waals surface area contributed by atoms with Crippen molar-refractivity contribution in [1.29, 1.82) is 0 Å². The van der Waals surface area contributed by atoms with Crippen LogP contribution < -0.4 is 0 Å². The molecule has 1 fully saturated rings. The lowest BCUT2D eigenvalue weighted by Gasteiger charge is -2.33. The number of hydrogen-bond acceptors (Lipinski definition) is 4. The Morgan fingerprint density at radius 3 is 2.57 bits per heavy atom. The molecule has 4 heteroatoms. The Morgan fingerprint density at radius 1 is 1.13 bits per heavy atom. The van der Waals surface area contributed by atoms with Crippen molar-refractivity contribution < 1.29 is 0 Å². The Labute approximate surface area is 143 Å². The molecule has 1 aromatic carbocycles. The van der Waals surface area contributed by atoms with Gasteiger partial charge in [0.15, 0.2) is 0 Å². The van der Waals surface area contributed by atoms with Gasteiger partial charge in [0, 0.05) is 37.6 Å². The number of nitrogens with zero attached hydrogens (tertiary/aromatic N) is 3. The first-order valence-electron chi connectivity index (χ1n) is 8.24. The molecule has 1 aliphatic rings. The fourth-order valence-electron chi connectivity index (χ4n) is 3.01. The lowest BCUT2D eigenvalue weighted by molar-refractivity contribution is 0.130. The summed E-state index contributed by atoms with van der Waals surface area (Å²) in [6.07, 6.45) is 0. The maximum atomic E-state index is 4.78. The second kappa shape index (κ2) is 7.28. The molecule has 2 heterocycles. The summed E-state index contributed by atoms with van der Waals surface area (Å²) in [4.78, 5) is 3.80. The van der Waals surface area contributed by atoms with Crippen LogP contribution in [0.4, 0.5) is 0 Å². The van der Waals surface area contributed by atoms with Crippen molar-refractivity contribution in [2.75, 3.05) is 26.2 Å². The summed E-state index contributed by atoms with van der Waals surface area (Å²) in [5.41, 5.74) is 5.32. The Kier molecular flexibility index (Phi) is 5.13. The van der Waals surface area contributed by atoms with Gasteiger partial charge in [-0.3, -0.25) is 9.91 Å².